The van der Waals surface area contributed by atoms with Gasteiger partial charge in [-0.3, -0.25) is 0 Å². The number of phenols is 1. The van der Waals surface area contributed by atoms with E-state index in [0.29, 0.717) is 5.69 Å². The summed E-state index contributed by atoms with van der Waals surface area (Å²) in [6.45, 7) is 1.94. The molecule has 0 aliphatic carbocycles. The van der Waals surface area contributed by atoms with Crippen LogP contribution < -0.4 is 5.32 Å². The number of benzene rings is 2. The van der Waals surface area contributed by atoms with Crippen LogP contribution in [-0.2, 0) is 0 Å². The third-order valence-corrected chi connectivity index (χ3v) is 2.57. The number of hydrogen-bond acceptors (Lipinski definition) is 4. The first-order valence-electron chi connectivity index (χ1n) is 5.69. The molecule has 2 aromatic carbocycles. The zero-order chi connectivity index (χ0) is 13.0. The summed E-state index contributed by atoms with van der Waals surface area (Å²) in [5, 5.41) is 20.9. The van der Waals surface area contributed by atoms with Crippen molar-refractivity contribution in [1.82, 2.24) is 0 Å². The van der Waals surface area contributed by atoms with E-state index in [-0.39, 0.29) is 5.75 Å². The van der Waals surface area contributed by atoms with Crippen LogP contribution in [0.1, 0.15) is 5.56 Å². The second-order valence-corrected chi connectivity index (χ2v) is 3.96. The molecular formula is C14H15N3O. The maximum absolute atomic E-state index is 9.67. The third kappa shape index (κ3) is 2.66. The van der Waals surface area contributed by atoms with Crippen molar-refractivity contribution in [3.63, 3.8) is 0 Å². The Morgan fingerprint density at radius 1 is 1.00 bits per heavy atom. The average molecular weight is 241 g/mol. The molecule has 2 aromatic rings. The molecule has 0 aromatic heterocycles. The minimum atomic E-state index is 0.131. The summed E-state index contributed by atoms with van der Waals surface area (Å²) in [6.07, 6.45) is 0. The van der Waals surface area contributed by atoms with Gasteiger partial charge in [-0.1, -0.05) is 18.2 Å². The zero-order valence-electron chi connectivity index (χ0n) is 10.4. The molecule has 0 atom stereocenters. The number of azo groups is 1. The predicted molar refractivity (Wildman–Crippen MR) is 73.0 cm³/mol. The summed E-state index contributed by atoms with van der Waals surface area (Å²) in [4.78, 5) is 0. The highest BCUT2D eigenvalue weighted by Crippen LogP contribution is 2.31. The molecule has 0 saturated heterocycles. The molecule has 0 saturated carbocycles. The smallest absolute Gasteiger partial charge is 0.143 e. The van der Waals surface area contributed by atoms with Crippen LogP contribution in [0, 0.1) is 6.92 Å². The molecule has 2 N–H and O–H groups in total. The molecule has 0 aliphatic rings. The van der Waals surface area contributed by atoms with Crippen LogP contribution >= 0.6 is 0 Å². The van der Waals surface area contributed by atoms with Gasteiger partial charge in [0, 0.05) is 7.05 Å². The van der Waals surface area contributed by atoms with Crippen molar-refractivity contribution >= 4 is 17.1 Å². The standard InChI is InChI=1S/C14H15N3O/c1-10-7-8-14(18)13(9-10)17-16-12-6-4-3-5-11(12)15-2/h3-9,15,18H,1-2H3. The molecule has 0 bridgehead atoms. The summed E-state index contributed by atoms with van der Waals surface area (Å²) in [7, 11) is 1.83. The molecule has 18 heavy (non-hydrogen) atoms. The highest BCUT2D eigenvalue weighted by Gasteiger charge is 2.01. The van der Waals surface area contributed by atoms with E-state index in [1.165, 1.54) is 0 Å². The predicted octanol–water partition coefficient (Wildman–Crippen LogP) is 4.16. The summed E-state index contributed by atoms with van der Waals surface area (Å²) >= 11 is 0. The van der Waals surface area contributed by atoms with Gasteiger partial charge < -0.3 is 10.4 Å². The SMILES string of the molecule is CNc1ccccc1N=Nc1cc(C)ccc1O. The van der Waals surface area contributed by atoms with E-state index in [1.54, 1.807) is 12.1 Å². The van der Waals surface area contributed by atoms with Gasteiger partial charge in [0.25, 0.3) is 0 Å². The second kappa shape index (κ2) is 5.31. The van der Waals surface area contributed by atoms with Gasteiger partial charge >= 0.3 is 0 Å². The molecule has 92 valence electrons. The fourth-order valence-electron chi connectivity index (χ4n) is 1.59. The van der Waals surface area contributed by atoms with E-state index < -0.39 is 0 Å². The number of hydrogen-bond donors (Lipinski definition) is 2. The molecule has 0 spiro atoms. The summed E-state index contributed by atoms with van der Waals surface area (Å²) in [5.74, 6) is 0.131. The van der Waals surface area contributed by atoms with Crippen LogP contribution in [0.3, 0.4) is 0 Å². The van der Waals surface area contributed by atoms with E-state index >= 15 is 0 Å². The molecule has 0 aliphatic heterocycles. The highest BCUT2D eigenvalue weighted by molar-refractivity contribution is 5.64. The van der Waals surface area contributed by atoms with Gasteiger partial charge in [0.2, 0.25) is 0 Å². The zero-order valence-corrected chi connectivity index (χ0v) is 10.4. The van der Waals surface area contributed by atoms with Crippen molar-refractivity contribution in [2.45, 2.75) is 6.92 Å². The van der Waals surface area contributed by atoms with Crippen LogP contribution in [0.15, 0.2) is 52.7 Å². The van der Waals surface area contributed by atoms with Crippen molar-refractivity contribution in [2.75, 3.05) is 12.4 Å². The van der Waals surface area contributed by atoms with Crippen LogP contribution in [0.5, 0.6) is 5.75 Å². The lowest BCUT2D eigenvalue weighted by molar-refractivity contribution is 0.476. The van der Waals surface area contributed by atoms with Crippen LogP contribution in [0.2, 0.25) is 0 Å². The number of aromatic hydroxyl groups is 1. The molecule has 4 nitrogen and oxygen atoms in total. The fourth-order valence-corrected chi connectivity index (χ4v) is 1.59. The summed E-state index contributed by atoms with van der Waals surface area (Å²) in [5.41, 5.74) is 3.14. The number of anilines is 1. The van der Waals surface area contributed by atoms with Crippen molar-refractivity contribution in [2.24, 2.45) is 10.2 Å². The van der Waals surface area contributed by atoms with Crippen molar-refractivity contribution in [3.8, 4) is 5.75 Å². The van der Waals surface area contributed by atoms with Gasteiger partial charge in [-0.05, 0) is 36.8 Å². The molecular weight excluding hydrogens is 226 g/mol. The second-order valence-electron chi connectivity index (χ2n) is 3.96. The third-order valence-electron chi connectivity index (χ3n) is 2.57. The lowest BCUT2D eigenvalue weighted by Gasteiger charge is -2.03. The number of nitrogens with zero attached hydrogens (tertiary/aromatic N) is 2. The topological polar surface area (TPSA) is 57.0 Å². The Labute approximate surface area is 106 Å². The molecule has 0 amide bonds. The molecule has 4 heteroatoms. The van der Waals surface area contributed by atoms with E-state index in [1.807, 2.05) is 44.3 Å². The highest BCUT2D eigenvalue weighted by atomic mass is 16.3. The quantitative estimate of drug-likeness (QED) is 0.793. The molecule has 0 unspecified atom stereocenters. The Morgan fingerprint density at radius 3 is 2.50 bits per heavy atom. The van der Waals surface area contributed by atoms with Crippen molar-refractivity contribution < 1.29 is 5.11 Å². The van der Waals surface area contributed by atoms with Gasteiger partial charge in [0.1, 0.15) is 17.1 Å². The Morgan fingerprint density at radius 2 is 1.72 bits per heavy atom. The molecule has 0 radical (unpaired) electrons. The molecule has 0 heterocycles. The van der Waals surface area contributed by atoms with Gasteiger partial charge in [-0.2, -0.15) is 0 Å². The van der Waals surface area contributed by atoms with Gasteiger partial charge in [-0.15, -0.1) is 10.2 Å². The maximum Gasteiger partial charge on any atom is 0.143 e. The average Bonchev–Trinajstić information content (AvgIpc) is 2.40. The van der Waals surface area contributed by atoms with Gasteiger partial charge in [0.15, 0.2) is 0 Å². The van der Waals surface area contributed by atoms with Gasteiger partial charge in [-0.25, -0.2) is 0 Å². The largest absolute Gasteiger partial charge is 0.506 e. The molecule has 2 rings (SSSR count). The minimum absolute atomic E-state index is 0.131. The Hall–Kier alpha value is -2.36. The lowest BCUT2D eigenvalue weighted by Crippen LogP contribution is -1.86. The number of phenolic OH excluding ortho intramolecular Hbond substituents is 1. The van der Waals surface area contributed by atoms with Gasteiger partial charge in [0.05, 0.1) is 5.69 Å². The van der Waals surface area contributed by atoms with E-state index in [4.69, 9.17) is 0 Å². The van der Waals surface area contributed by atoms with E-state index in [0.717, 1.165) is 16.9 Å². The number of para-hydroxylation sites is 1. The van der Waals surface area contributed by atoms with E-state index in [9.17, 15) is 5.11 Å². The minimum Gasteiger partial charge on any atom is -0.506 e. The Bertz CT molecular complexity index is 579. The van der Waals surface area contributed by atoms with Crippen LogP contribution in [0.25, 0.3) is 0 Å². The summed E-state index contributed by atoms with van der Waals surface area (Å²) in [6, 6.07) is 12.8. The van der Waals surface area contributed by atoms with Crippen LogP contribution in [-0.4, -0.2) is 12.2 Å². The monoisotopic (exact) mass is 241 g/mol. The van der Waals surface area contributed by atoms with Crippen molar-refractivity contribution in [1.29, 1.82) is 0 Å². The van der Waals surface area contributed by atoms with E-state index in [2.05, 4.69) is 15.5 Å². The van der Waals surface area contributed by atoms with Crippen LogP contribution in [0.4, 0.5) is 17.1 Å². The lowest BCUT2D eigenvalue weighted by atomic mass is 10.2. The van der Waals surface area contributed by atoms with Crippen molar-refractivity contribution in [3.05, 3.63) is 48.0 Å². The normalized spacial score (nSPS) is 10.8. The first kappa shape index (κ1) is 12.1. The number of rotatable bonds is 3. The number of nitrogens with one attached hydrogen (secondary N) is 1. The number of aryl methyl sites for hydroxylation is 1. The Balaban J connectivity index is 2.33. The molecule has 0 fully saturated rings. The first-order chi connectivity index (χ1) is 8.70. The first-order valence-corrected chi connectivity index (χ1v) is 5.69. The maximum atomic E-state index is 9.67. The fraction of sp³-hybridized carbons (Fsp3) is 0.143. The Kier molecular flexibility index (Phi) is 3.57. The summed E-state index contributed by atoms with van der Waals surface area (Å²) < 4.78 is 0.